The van der Waals surface area contributed by atoms with Gasteiger partial charge in [-0.25, -0.2) is 0 Å². The van der Waals surface area contributed by atoms with Gasteiger partial charge in [0.05, 0.1) is 32.8 Å². The molecule has 0 radical (unpaired) electrons. The Labute approximate surface area is 133 Å². The van der Waals surface area contributed by atoms with Crippen LogP contribution in [0.4, 0.5) is 0 Å². The van der Waals surface area contributed by atoms with Crippen LogP contribution >= 0.6 is 11.8 Å². The molecule has 1 fully saturated rings. The fourth-order valence-electron chi connectivity index (χ4n) is 2.48. The Hall–Kier alpha value is -2.08. The minimum Gasteiger partial charge on any atom is -0.497 e. The zero-order chi connectivity index (χ0) is 15.5. The number of thioether (sulfide) groups is 1. The lowest BCUT2D eigenvalue weighted by Crippen LogP contribution is -2.27. The number of benzene rings is 1. The van der Waals surface area contributed by atoms with E-state index < -0.39 is 0 Å². The minimum absolute atomic E-state index is 0.0848. The van der Waals surface area contributed by atoms with Gasteiger partial charge in [-0.05, 0) is 24.3 Å². The largest absolute Gasteiger partial charge is 0.497 e. The molecular weight excluding hydrogens is 302 g/mol. The number of furan rings is 1. The maximum Gasteiger partial charge on any atom is 0.234 e. The van der Waals surface area contributed by atoms with Crippen molar-refractivity contribution in [3.8, 4) is 11.5 Å². The van der Waals surface area contributed by atoms with Gasteiger partial charge in [-0.2, -0.15) is 0 Å². The highest BCUT2D eigenvalue weighted by Crippen LogP contribution is 2.44. The van der Waals surface area contributed by atoms with Crippen LogP contribution in [0.5, 0.6) is 11.5 Å². The number of carbonyl (C=O) groups excluding carboxylic acids is 1. The Morgan fingerprint density at radius 1 is 1.32 bits per heavy atom. The number of amides is 1. The molecule has 6 heteroatoms. The van der Waals surface area contributed by atoms with Gasteiger partial charge in [0.2, 0.25) is 5.91 Å². The van der Waals surface area contributed by atoms with Crippen molar-refractivity contribution in [1.29, 1.82) is 0 Å². The molecule has 22 heavy (non-hydrogen) atoms. The van der Waals surface area contributed by atoms with E-state index in [1.54, 1.807) is 32.2 Å². The summed E-state index contributed by atoms with van der Waals surface area (Å²) in [5.74, 6) is 2.78. The quantitative estimate of drug-likeness (QED) is 0.848. The number of hydrogen-bond donors (Lipinski definition) is 0. The number of rotatable bonds is 5. The van der Waals surface area contributed by atoms with Crippen LogP contribution in [0.3, 0.4) is 0 Å². The Kier molecular flexibility index (Phi) is 4.29. The molecule has 3 rings (SSSR count). The first kappa shape index (κ1) is 14.8. The third-order valence-corrected chi connectivity index (χ3v) is 4.82. The smallest absolute Gasteiger partial charge is 0.234 e. The van der Waals surface area contributed by atoms with Crippen LogP contribution in [-0.2, 0) is 11.3 Å². The van der Waals surface area contributed by atoms with Crippen LogP contribution in [0.15, 0.2) is 41.0 Å². The molecule has 2 aromatic rings. The molecule has 1 atom stereocenters. The van der Waals surface area contributed by atoms with Crippen molar-refractivity contribution in [3.05, 3.63) is 47.9 Å². The highest BCUT2D eigenvalue weighted by Gasteiger charge is 2.35. The average Bonchev–Trinajstić information content (AvgIpc) is 3.18. The minimum atomic E-state index is -0.0848. The molecule has 1 aromatic carbocycles. The van der Waals surface area contributed by atoms with E-state index in [-0.39, 0.29) is 11.3 Å². The van der Waals surface area contributed by atoms with Crippen LogP contribution in [0.2, 0.25) is 0 Å². The SMILES string of the molecule is COc1ccc(C2SCC(=O)N2Cc2ccco2)c(OC)c1. The van der Waals surface area contributed by atoms with Gasteiger partial charge in [0.15, 0.2) is 0 Å². The summed E-state index contributed by atoms with van der Waals surface area (Å²) in [4.78, 5) is 14.0. The molecule has 0 spiro atoms. The molecule has 116 valence electrons. The van der Waals surface area contributed by atoms with Gasteiger partial charge in [-0.1, -0.05) is 0 Å². The second kappa shape index (κ2) is 6.36. The summed E-state index contributed by atoms with van der Waals surface area (Å²) in [5.41, 5.74) is 0.964. The summed E-state index contributed by atoms with van der Waals surface area (Å²) < 4.78 is 16.1. The van der Waals surface area contributed by atoms with Gasteiger partial charge in [-0.15, -0.1) is 11.8 Å². The lowest BCUT2D eigenvalue weighted by Gasteiger charge is -2.25. The Morgan fingerprint density at radius 2 is 2.18 bits per heavy atom. The van der Waals surface area contributed by atoms with E-state index in [0.29, 0.717) is 12.3 Å². The number of carbonyl (C=O) groups is 1. The van der Waals surface area contributed by atoms with Crippen LogP contribution in [-0.4, -0.2) is 30.8 Å². The molecule has 1 aromatic heterocycles. The van der Waals surface area contributed by atoms with E-state index in [2.05, 4.69) is 0 Å². The molecule has 0 aliphatic carbocycles. The molecule has 0 bridgehead atoms. The normalized spacial score (nSPS) is 17.8. The van der Waals surface area contributed by atoms with Crippen molar-refractivity contribution in [2.24, 2.45) is 0 Å². The van der Waals surface area contributed by atoms with Crippen molar-refractivity contribution < 1.29 is 18.7 Å². The third-order valence-electron chi connectivity index (χ3n) is 3.58. The van der Waals surface area contributed by atoms with E-state index in [4.69, 9.17) is 13.9 Å². The molecule has 5 nitrogen and oxygen atoms in total. The van der Waals surface area contributed by atoms with Crippen molar-refractivity contribution in [1.82, 2.24) is 4.90 Å². The van der Waals surface area contributed by atoms with Gasteiger partial charge in [0, 0.05) is 11.6 Å². The maximum absolute atomic E-state index is 12.2. The van der Waals surface area contributed by atoms with Crippen LogP contribution in [0.1, 0.15) is 16.7 Å². The molecule has 0 saturated carbocycles. The molecule has 1 aliphatic heterocycles. The first-order chi connectivity index (χ1) is 10.7. The van der Waals surface area contributed by atoms with E-state index >= 15 is 0 Å². The lowest BCUT2D eigenvalue weighted by molar-refractivity contribution is -0.128. The van der Waals surface area contributed by atoms with E-state index in [1.807, 2.05) is 35.2 Å². The van der Waals surface area contributed by atoms with E-state index in [0.717, 1.165) is 22.8 Å². The van der Waals surface area contributed by atoms with Crippen molar-refractivity contribution >= 4 is 17.7 Å². The van der Waals surface area contributed by atoms with Gasteiger partial charge < -0.3 is 18.8 Å². The summed E-state index contributed by atoms with van der Waals surface area (Å²) in [6, 6.07) is 9.36. The summed E-state index contributed by atoms with van der Waals surface area (Å²) in [6.07, 6.45) is 1.62. The molecule has 1 unspecified atom stereocenters. The fourth-order valence-corrected chi connectivity index (χ4v) is 3.69. The van der Waals surface area contributed by atoms with E-state index in [9.17, 15) is 4.79 Å². The molecule has 1 aliphatic rings. The van der Waals surface area contributed by atoms with Gasteiger partial charge in [0.1, 0.15) is 22.6 Å². The second-order valence-electron chi connectivity index (χ2n) is 4.87. The Balaban J connectivity index is 1.90. The van der Waals surface area contributed by atoms with Crippen molar-refractivity contribution in [2.45, 2.75) is 11.9 Å². The third kappa shape index (κ3) is 2.78. The Morgan fingerprint density at radius 3 is 2.86 bits per heavy atom. The topological polar surface area (TPSA) is 51.9 Å². The molecule has 2 heterocycles. The van der Waals surface area contributed by atoms with Crippen molar-refractivity contribution in [3.63, 3.8) is 0 Å². The lowest BCUT2D eigenvalue weighted by atomic mass is 10.1. The maximum atomic E-state index is 12.2. The highest BCUT2D eigenvalue weighted by atomic mass is 32.2. The predicted octanol–water partition coefficient (Wildman–Crippen LogP) is 3.07. The first-order valence-corrected chi connectivity index (χ1v) is 7.93. The van der Waals surface area contributed by atoms with Crippen LogP contribution in [0.25, 0.3) is 0 Å². The highest BCUT2D eigenvalue weighted by molar-refractivity contribution is 8.00. The Bertz CT molecular complexity index is 656. The number of hydrogen-bond acceptors (Lipinski definition) is 5. The summed E-state index contributed by atoms with van der Waals surface area (Å²) in [6.45, 7) is 0.457. The monoisotopic (exact) mass is 319 g/mol. The number of nitrogens with zero attached hydrogens (tertiary/aromatic N) is 1. The standard InChI is InChI=1S/C16H17NO4S/c1-19-11-5-6-13(14(8-11)20-2)16-17(15(18)10-22-16)9-12-4-3-7-21-12/h3-8,16H,9-10H2,1-2H3. The average molecular weight is 319 g/mol. The summed E-state index contributed by atoms with van der Waals surface area (Å²) in [7, 11) is 3.24. The van der Waals surface area contributed by atoms with Crippen LogP contribution in [0, 0.1) is 0 Å². The molecular formula is C16H17NO4S. The fraction of sp³-hybridized carbons (Fsp3) is 0.312. The van der Waals surface area contributed by atoms with E-state index in [1.165, 1.54) is 0 Å². The number of ether oxygens (including phenoxy) is 2. The van der Waals surface area contributed by atoms with Gasteiger partial charge >= 0.3 is 0 Å². The first-order valence-electron chi connectivity index (χ1n) is 6.88. The van der Waals surface area contributed by atoms with Crippen LogP contribution < -0.4 is 9.47 Å². The zero-order valence-electron chi connectivity index (χ0n) is 12.4. The molecule has 1 saturated heterocycles. The van der Waals surface area contributed by atoms with Gasteiger partial charge in [0.25, 0.3) is 0 Å². The predicted molar refractivity (Wildman–Crippen MR) is 84.0 cm³/mol. The molecule has 1 amide bonds. The summed E-state index contributed by atoms with van der Waals surface area (Å²) in [5, 5.41) is -0.0848. The molecule has 0 N–H and O–H groups in total. The van der Waals surface area contributed by atoms with Crippen molar-refractivity contribution in [2.75, 3.05) is 20.0 Å². The summed E-state index contributed by atoms with van der Waals surface area (Å²) >= 11 is 1.59. The zero-order valence-corrected chi connectivity index (χ0v) is 13.3. The second-order valence-corrected chi connectivity index (χ2v) is 5.94. The number of methoxy groups -OCH3 is 2. The van der Waals surface area contributed by atoms with Gasteiger partial charge in [-0.3, -0.25) is 4.79 Å².